The molecule has 2 aromatic rings. The van der Waals surface area contributed by atoms with Crippen LogP contribution in [0.5, 0.6) is 0 Å². The van der Waals surface area contributed by atoms with E-state index in [4.69, 9.17) is 4.42 Å². The molecule has 25 heavy (non-hydrogen) atoms. The van der Waals surface area contributed by atoms with Crippen molar-refractivity contribution in [2.45, 2.75) is 40.0 Å². The Morgan fingerprint density at radius 3 is 2.60 bits per heavy atom. The smallest absolute Gasteiger partial charge is 0.289 e. The molecule has 2 fully saturated rings. The van der Waals surface area contributed by atoms with Gasteiger partial charge in [-0.3, -0.25) is 4.79 Å². The number of carbonyl (C=O) groups excluding carboxylic acids is 1. The van der Waals surface area contributed by atoms with Crippen LogP contribution in [-0.2, 0) is 0 Å². The molecular weight excluding hydrogens is 312 g/mol. The van der Waals surface area contributed by atoms with Gasteiger partial charge in [-0.05, 0) is 75.8 Å². The van der Waals surface area contributed by atoms with Crippen molar-refractivity contribution in [1.29, 1.82) is 0 Å². The quantitative estimate of drug-likeness (QED) is 0.850. The average molecular weight is 340 g/mol. The number of fused-ring (bicyclic) bond motifs is 1. The van der Waals surface area contributed by atoms with Crippen molar-refractivity contribution in [2.24, 2.45) is 5.92 Å². The fourth-order valence-corrected chi connectivity index (χ4v) is 3.85. The fraction of sp³-hybridized carbons (Fsp3) is 0.571. The highest BCUT2D eigenvalue weighted by molar-refractivity contribution is 5.99. The number of rotatable bonds is 3. The number of aryl methyl sites for hydroxylation is 3. The highest BCUT2D eigenvalue weighted by Crippen LogP contribution is 2.31. The number of furan rings is 1. The Balaban J connectivity index is 1.53. The van der Waals surface area contributed by atoms with Crippen LogP contribution in [0.1, 0.15) is 46.5 Å². The Kier molecular flexibility index (Phi) is 4.32. The molecule has 134 valence electrons. The monoisotopic (exact) mass is 340 g/mol. The maximum Gasteiger partial charge on any atom is 0.289 e. The zero-order chi connectivity index (χ0) is 17.6. The second kappa shape index (κ2) is 6.49. The van der Waals surface area contributed by atoms with Gasteiger partial charge >= 0.3 is 0 Å². The van der Waals surface area contributed by atoms with Gasteiger partial charge in [-0.1, -0.05) is 0 Å². The maximum absolute atomic E-state index is 13.1. The Morgan fingerprint density at radius 2 is 1.84 bits per heavy atom. The number of hydrogen-bond donors (Lipinski definition) is 0. The average Bonchev–Trinajstić information content (AvgIpc) is 3.38. The first-order chi connectivity index (χ1) is 12.0. The van der Waals surface area contributed by atoms with Crippen molar-refractivity contribution in [1.82, 2.24) is 9.80 Å². The van der Waals surface area contributed by atoms with E-state index in [2.05, 4.69) is 24.8 Å². The van der Waals surface area contributed by atoms with E-state index >= 15 is 0 Å². The summed E-state index contributed by atoms with van der Waals surface area (Å²) in [5.41, 5.74) is 4.24. The molecule has 0 spiro atoms. The minimum absolute atomic E-state index is 0.0530. The van der Waals surface area contributed by atoms with Crippen molar-refractivity contribution in [3.63, 3.8) is 0 Å². The minimum Gasteiger partial charge on any atom is -0.451 e. The summed E-state index contributed by atoms with van der Waals surface area (Å²) in [6.45, 7) is 11.1. The zero-order valence-corrected chi connectivity index (χ0v) is 15.6. The summed E-state index contributed by atoms with van der Waals surface area (Å²) < 4.78 is 5.99. The van der Waals surface area contributed by atoms with Gasteiger partial charge in [-0.25, -0.2) is 0 Å². The molecule has 2 aliphatic rings. The van der Waals surface area contributed by atoms with Gasteiger partial charge in [0.1, 0.15) is 5.58 Å². The number of nitrogens with zero attached hydrogens (tertiary/aromatic N) is 2. The predicted octanol–water partition coefficient (Wildman–Crippen LogP) is 3.92. The molecule has 1 aromatic heterocycles. The van der Waals surface area contributed by atoms with E-state index in [1.54, 1.807) is 0 Å². The van der Waals surface area contributed by atoms with Crippen LogP contribution in [0.4, 0.5) is 0 Å². The Labute approximate surface area is 149 Å². The maximum atomic E-state index is 13.1. The van der Waals surface area contributed by atoms with E-state index in [1.165, 1.54) is 30.5 Å². The first-order valence-electron chi connectivity index (χ1n) is 9.55. The highest BCUT2D eigenvalue weighted by Gasteiger charge is 2.28. The summed E-state index contributed by atoms with van der Waals surface area (Å²) in [5.74, 6) is 1.49. The molecule has 4 nitrogen and oxygen atoms in total. The molecule has 1 aliphatic carbocycles. The van der Waals surface area contributed by atoms with Crippen LogP contribution < -0.4 is 0 Å². The Bertz CT molecular complexity index is 804. The summed E-state index contributed by atoms with van der Waals surface area (Å²) in [7, 11) is 0. The molecule has 2 heterocycles. The van der Waals surface area contributed by atoms with Crippen LogP contribution in [0.3, 0.4) is 0 Å². The molecule has 1 aromatic carbocycles. The van der Waals surface area contributed by atoms with Crippen LogP contribution in [-0.4, -0.2) is 48.4 Å². The third-order valence-corrected chi connectivity index (χ3v) is 5.84. The lowest BCUT2D eigenvalue weighted by Crippen LogP contribution is -2.35. The van der Waals surface area contributed by atoms with Gasteiger partial charge in [0.15, 0.2) is 5.76 Å². The number of benzene rings is 1. The van der Waals surface area contributed by atoms with E-state index in [0.717, 1.165) is 55.1 Å². The molecule has 0 radical (unpaired) electrons. The largest absolute Gasteiger partial charge is 0.451 e. The normalized spacial score (nSPS) is 19.4. The summed E-state index contributed by atoms with van der Waals surface area (Å²) in [6.07, 6.45) is 3.82. The van der Waals surface area contributed by atoms with Gasteiger partial charge < -0.3 is 14.2 Å². The van der Waals surface area contributed by atoms with Crippen LogP contribution in [0.25, 0.3) is 11.0 Å². The van der Waals surface area contributed by atoms with Gasteiger partial charge in [0, 0.05) is 37.1 Å². The molecule has 1 saturated heterocycles. The third-order valence-electron chi connectivity index (χ3n) is 5.84. The summed E-state index contributed by atoms with van der Waals surface area (Å²) in [6, 6.07) is 4.19. The van der Waals surface area contributed by atoms with Crippen LogP contribution in [0.2, 0.25) is 0 Å². The van der Waals surface area contributed by atoms with E-state index in [-0.39, 0.29) is 5.91 Å². The molecule has 0 N–H and O–H groups in total. The summed E-state index contributed by atoms with van der Waals surface area (Å²) in [4.78, 5) is 17.6. The lowest BCUT2D eigenvalue weighted by Gasteiger charge is -2.21. The predicted molar refractivity (Wildman–Crippen MR) is 100 cm³/mol. The molecule has 4 rings (SSSR count). The van der Waals surface area contributed by atoms with E-state index in [9.17, 15) is 4.79 Å². The third kappa shape index (κ3) is 3.32. The van der Waals surface area contributed by atoms with E-state index < -0.39 is 0 Å². The number of amides is 1. The van der Waals surface area contributed by atoms with E-state index in [1.807, 2.05) is 17.9 Å². The van der Waals surface area contributed by atoms with Crippen molar-refractivity contribution in [3.8, 4) is 0 Å². The van der Waals surface area contributed by atoms with Gasteiger partial charge in [-0.2, -0.15) is 0 Å². The lowest BCUT2D eigenvalue weighted by molar-refractivity contribution is 0.0730. The molecule has 1 saturated carbocycles. The van der Waals surface area contributed by atoms with Gasteiger partial charge in [0.25, 0.3) is 5.91 Å². The van der Waals surface area contributed by atoms with Gasteiger partial charge in [0.05, 0.1) is 0 Å². The van der Waals surface area contributed by atoms with Crippen LogP contribution >= 0.6 is 0 Å². The summed E-state index contributed by atoms with van der Waals surface area (Å²) in [5, 5.41) is 1.07. The molecule has 1 aliphatic heterocycles. The standard InChI is InChI=1S/C21H28N2O2/c1-14-11-18-16(3)20(25-19(18)12-15(14)2)21(24)23-8-4-7-22(9-10-23)13-17-5-6-17/h11-12,17H,4-10,13H2,1-3H3. The van der Waals surface area contributed by atoms with Gasteiger partial charge in [0.2, 0.25) is 0 Å². The van der Waals surface area contributed by atoms with Crippen molar-refractivity contribution < 1.29 is 9.21 Å². The Morgan fingerprint density at radius 1 is 1.08 bits per heavy atom. The molecule has 0 unspecified atom stereocenters. The zero-order valence-electron chi connectivity index (χ0n) is 15.6. The summed E-state index contributed by atoms with van der Waals surface area (Å²) >= 11 is 0. The van der Waals surface area contributed by atoms with Crippen molar-refractivity contribution in [2.75, 3.05) is 32.7 Å². The number of carbonyl (C=O) groups is 1. The molecular formula is C21H28N2O2. The minimum atomic E-state index is 0.0530. The topological polar surface area (TPSA) is 36.7 Å². The van der Waals surface area contributed by atoms with Crippen molar-refractivity contribution in [3.05, 3.63) is 34.6 Å². The van der Waals surface area contributed by atoms with Crippen LogP contribution in [0, 0.1) is 26.7 Å². The SMILES string of the molecule is Cc1cc2oc(C(=O)N3CCCN(CC4CC4)CC3)c(C)c2cc1C. The fourth-order valence-electron chi connectivity index (χ4n) is 3.85. The number of hydrogen-bond acceptors (Lipinski definition) is 3. The van der Waals surface area contributed by atoms with Gasteiger partial charge in [-0.15, -0.1) is 0 Å². The van der Waals surface area contributed by atoms with Crippen LogP contribution in [0.15, 0.2) is 16.5 Å². The highest BCUT2D eigenvalue weighted by atomic mass is 16.3. The van der Waals surface area contributed by atoms with Crippen molar-refractivity contribution >= 4 is 16.9 Å². The second-order valence-electron chi connectivity index (χ2n) is 7.88. The molecule has 0 atom stereocenters. The Hall–Kier alpha value is -1.81. The van der Waals surface area contributed by atoms with E-state index in [0.29, 0.717) is 5.76 Å². The molecule has 4 heteroatoms. The second-order valence-corrected chi connectivity index (χ2v) is 7.88. The molecule has 1 amide bonds. The lowest BCUT2D eigenvalue weighted by atomic mass is 10.0. The first-order valence-corrected chi connectivity index (χ1v) is 9.55. The molecule has 0 bridgehead atoms. The first kappa shape index (κ1) is 16.6.